The van der Waals surface area contributed by atoms with Gasteiger partial charge in [-0.25, -0.2) is 14.8 Å². The maximum atomic E-state index is 11.5. The first-order valence-corrected chi connectivity index (χ1v) is 11.6. The minimum atomic E-state index is -0.393. The van der Waals surface area contributed by atoms with E-state index in [-0.39, 0.29) is 6.61 Å². The first-order valence-electron chi connectivity index (χ1n) is 9.97. The normalized spacial score (nSPS) is 11.0. The molecule has 0 atom stereocenters. The largest absolute Gasteiger partial charge is 0.486 e. The number of fused-ring (bicyclic) bond motifs is 1. The van der Waals surface area contributed by atoms with Crippen molar-refractivity contribution in [3.05, 3.63) is 56.6 Å². The number of hydrogen-bond acceptors (Lipinski definition) is 8. The van der Waals surface area contributed by atoms with Crippen LogP contribution in [0.5, 0.6) is 11.5 Å². The minimum Gasteiger partial charge on any atom is -0.486 e. The van der Waals surface area contributed by atoms with Gasteiger partial charge in [-0.1, -0.05) is 0 Å². The Morgan fingerprint density at radius 1 is 1.12 bits per heavy atom. The van der Waals surface area contributed by atoms with Crippen molar-refractivity contribution in [3.63, 3.8) is 0 Å². The van der Waals surface area contributed by atoms with Crippen molar-refractivity contribution in [2.24, 2.45) is 0 Å². The summed E-state index contributed by atoms with van der Waals surface area (Å²) in [7, 11) is 0. The molecule has 0 aliphatic carbocycles. The van der Waals surface area contributed by atoms with Crippen LogP contribution in [0.15, 0.2) is 44.6 Å². The van der Waals surface area contributed by atoms with Gasteiger partial charge in [-0.15, -0.1) is 11.3 Å². The molecule has 0 unspecified atom stereocenters. The van der Waals surface area contributed by atoms with E-state index in [1.165, 1.54) is 11.3 Å². The molecule has 2 aromatic heterocycles. The highest BCUT2D eigenvalue weighted by Gasteiger charge is 2.14. The Bertz CT molecular complexity index is 1270. The van der Waals surface area contributed by atoms with Gasteiger partial charge in [-0.2, -0.15) is 0 Å². The number of aromatic nitrogens is 2. The molecule has 9 heteroatoms. The van der Waals surface area contributed by atoms with E-state index in [9.17, 15) is 4.79 Å². The molecule has 2 aromatic carbocycles. The lowest BCUT2D eigenvalue weighted by Crippen LogP contribution is -2.14. The molecular formula is C23H21BrN2O5S. The topological polar surface area (TPSA) is 83.7 Å². The van der Waals surface area contributed by atoms with Gasteiger partial charge in [-0.05, 0) is 71.7 Å². The molecule has 0 saturated heterocycles. The third-order valence-corrected chi connectivity index (χ3v) is 6.24. The van der Waals surface area contributed by atoms with Gasteiger partial charge >= 0.3 is 5.97 Å². The lowest BCUT2D eigenvalue weighted by atomic mass is 10.1. The predicted octanol–water partition coefficient (Wildman–Crippen LogP) is 5.85. The monoisotopic (exact) mass is 516 g/mol. The Labute approximate surface area is 197 Å². The molecule has 0 aliphatic rings. The quantitative estimate of drug-likeness (QED) is 0.271. The summed E-state index contributed by atoms with van der Waals surface area (Å²) >= 11 is 5.14. The number of carbonyl (C=O) groups excluding carboxylic acids is 1. The Hall–Kier alpha value is -2.91. The summed E-state index contributed by atoms with van der Waals surface area (Å²) in [5, 5.41) is 0.837. The van der Waals surface area contributed by atoms with Crippen LogP contribution in [0.1, 0.15) is 23.4 Å². The van der Waals surface area contributed by atoms with E-state index in [4.69, 9.17) is 23.6 Å². The molecule has 2 heterocycles. The fourth-order valence-electron chi connectivity index (χ4n) is 3.13. The highest BCUT2D eigenvalue weighted by atomic mass is 79.9. The number of esters is 1. The lowest BCUT2D eigenvalue weighted by molar-refractivity contribution is -0.145. The van der Waals surface area contributed by atoms with Crippen molar-refractivity contribution < 1.29 is 23.4 Å². The van der Waals surface area contributed by atoms with Crippen LogP contribution in [0, 0.1) is 13.8 Å². The molecule has 0 N–H and O–H groups in total. The summed E-state index contributed by atoms with van der Waals surface area (Å²) in [6.07, 6.45) is 0. The predicted molar refractivity (Wildman–Crippen MR) is 125 cm³/mol. The zero-order valence-corrected chi connectivity index (χ0v) is 20.2. The van der Waals surface area contributed by atoms with Crippen LogP contribution in [0.3, 0.4) is 0 Å². The maximum Gasteiger partial charge on any atom is 0.344 e. The summed E-state index contributed by atoms with van der Waals surface area (Å²) in [5.74, 6) is 1.55. The molecule has 0 radical (unpaired) electrons. The van der Waals surface area contributed by atoms with Crippen molar-refractivity contribution in [1.82, 2.24) is 9.97 Å². The van der Waals surface area contributed by atoms with Gasteiger partial charge in [0.2, 0.25) is 0 Å². The number of nitrogens with zero attached hydrogens (tertiary/aromatic N) is 2. The van der Waals surface area contributed by atoms with Crippen LogP contribution in [-0.4, -0.2) is 29.2 Å². The first kappa shape index (κ1) is 22.3. The summed E-state index contributed by atoms with van der Waals surface area (Å²) in [5.41, 5.74) is 4.22. The van der Waals surface area contributed by atoms with Crippen molar-refractivity contribution in [2.45, 2.75) is 27.4 Å². The highest BCUT2D eigenvalue weighted by molar-refractivity contribution is 9.11. The zero-order valence-electron chi connectivity index (χ0n) is 17.8. The van der Waals surface area contributed by atoms with Gasteiger partial charge in [0.15, 0.2) is 18.1 Å². The summed E-state index contributed by atoms with van der Waals surface area (Å²) in [6.45, 7) is 6.02. The van der Waals surface area contributed by atoms with Crippen molar-refractivity contribution in [1.29, 1.82) is 0 Å². The average Bonchev–Trinajstić information content (AvgIpc) is 3.32. The average molecular weight is 517 g/mol. The van der Waals surface area contributed by atoms with Crippen molar-refractivity contribution in [3.8, 4) is 22.8 Å². The second-order valence-corrected chi connectivity index (χ2v) is 9.36. The molecule has 0 aliphatic heterocycles. The zero-order chi connectivity index (χ0) is 22.7. The Morgan fingerprint density at radius 3 is 2.75 bits per heavy atom. The van der Waals surface area contributed by atoms with Crippen LogP contribution in [-0.2, 0) is 16.1 Å². The van der Waals surface area contributed by atoms with E-state index in [1.807, 2.05) is 38.1 Å². The van der Waals surface area contributed by atoms with E-state index >= 15 is 0 Å². The number of hydrogen-bond donors (Lipinski definition) is 0. The van der Waals surface area contributed by atoms with Gasteiger partial charge in [0, 0.05) is 12.5 Å². The number of rotatable bonds is 8. The number of thiazole rings is 1. The number of halogens is 1. The second-order valence-electron chi connectivity index (χ2n) is 6.95. The van der Waals surface area contributed by atoms with Gasteiger partial charge in [0.05, 0.1) is 16.1 Å². The van der Waals surface area contributed by atoms with Gasteiger partial charge in [0.25, 0.3) is 0 Å². The minimum absolute atomic E-state index is 0.121. The molecule has 7 nitrogen and oxygen atoms in total. The van der Waals surface area contributed by atoms with Crippen molar-refractivity contribution >= 4 is 44.3 Å². The number of ether oxygens (including phenoxy) is 3. The summed E-state index contributed by atoms with van der Waals surface area (Å²) in [4.78, 5) is 20.6. The molecule has 32 heavy (non-hydrogen) atoms. The SMILES string of the molecule is CCOC(=O)COc1ccc(OCc2nc(-c3ccc4oc(C)nc4c3)c(Br)s2)cc1C. The summed E-state index contributed by atoms with van der Waals surface area (Å²) < 4.78 is 22.8. The van der Waals surface area contributed by atoms with Gasteiger partial charge in [-0.3, -0.25) is 0 Å². The Morgan fingerprint density at radius 2 is 1.97 bits per heavy atom. The fraction of sp³-hybridized carbons (Fsp3) is 0.261. The highest BCUT2D eigenvalue weighted by Crippen LogP contribution is 2.35. The van der Waals surface area contributed by atoms with E-state index < -0.39 is 5.97 Å². The third kappa shape index (κ3) is 5.11. The molecule has 166 valence electrons. The lowest BCUT2D eigenvalue weighted by Gasteiger charge is -2.10. The fourth-order valence-corrected chi connectivity index (χ4v) is 4.73. The Kier molecular flexibility index (Phi) is 6.76. The van der Waals surface area contributed by atoms with E-state index in [0.29, 0.717) is 30.6 Å². The second kappa shape index (κ2) is 9.70. The van der Waals surface area contributed by atoms with Crippen LogP contribution in [0.25, 0.3) is 22.4 Å². The number of benzene rings is 2. The van der Waals surface area contributed by atoms with E-state index in [0.717, 1.165) is 36.7 Å². The van der Waals surface area contributed by atoms with E-state index in [2.05, 4.69) is 20.9 Å². The Balaban J connectivity index is 1.42. The summed E-state index contributed by atoms with van der Waals surface area (Å²) in [6, 6.07) is 11.3. The van der Waals surface area contributed by atoms with Gasteiger partial charge < -0.3 is 18.6 Å². The molecule has 0 bridgehead atoms. The molecule has 0 fully saturated rings. The van der Waals surface area contributed by atoms with Crippen LogP contribution in [0.4, 0.5) is 0 Å². The maximum absolute atomic E-state index is 11.5. The smallest absolute Gasteiger partial charge is 0.344 e. The molecule has 0 spiro atoms. The number of carbonyl (C=O) groups is 1. The van der Waals surface area contributed by atoms with Crippen LogP contribution in [0.2, 0.25) is 0 Å². The van der Waals surface area contributed by atoms with Crippen LogP contribution < -0.4 is 9.47 Å². The van der Waals surface area contributed by atoms with Gasteiger partial charge in [0.1, 0.15) is 28.6 Å². The van der Waals surface area contributed by atoms with Crippen LogP contribution >= 0.6 is 27.3 Å². The molecule has 0 saturated carbocycles. The number of aryl methyl sites for hydroxylation is 2. The van der Waals surface area contributed by atoms with Crippen molar-refractivity contribution in [2.75, 3.05) is 13.2 Å². The number of oxazole rings is 1. The van der Waals surface area contributed by atoms with E-state index in [1.54, 1.807) is 19.1 Å². The molecule has 4 aromatic rings. The molecule has 4 rings (SSSR count). The molecule has 0 amide bonds. The third-order valence-electron chi connectivity index (χ3n) is 4.56. The molecular weight excluding hydrogens is 496 g/mol. The first-order chi connectivity index (χ1) is 15.4. The standard InChI is InChI=1S/C23H21BrN2O5S/c1-4-28-21(27)12-30-18-8-6-16(9-13(18)2)29-11-20-26-22(23(24)32-20)15-5-7-19-17(10-15)25-14(3)31-19/h5-10H,4,11-12H2,1-3H3.